The molecule has 3 aromatic rings. The predicted octanol–water partition coefficient (Wildman–Crippen LogP) is 5.20. The van der Waals surface area contributed by atoms with Gasteiger partial charge >= 0.3 is 0 Å². The number of primary amides is 1. The molecule has 0 bridgehead atoms. The lowest BCUT2D eigenvalue weighted by atomic mass is 9.80. The number of hydrogen-bond acceptors (Lipinski definition) is 6. The van der Waals surface area contributed by atoms with E-state index in [0.29, 0.717) is 18.4 Å². The lowest BCUT2D eigenvalue weighted by Crippen LogP contribution is -2.54. The minimum absolute atomic E-state index is 0.0125. The molecule has 2 fully saturated rings. The van der Waals surface area contributed by atoms with Crippen molar-refractivity contribution in [3.63, 3.8) is 0 Å². The second-order valence-corrected chi connectivity index (χ2v) is 17.9. The predicted molar refractivity (Wildman–Crippen MR) is 210 cm³/mol. The van der Waals surface area contributed by atoms with Crippen LogP contribution in [0.1, 0.15) is 81.8 Å². The zero-order valence-corrected chi connectivity index (χ0v) is 31.8. The van der Waals surface area contributed by atoms with E-state index in [4.69, 9.17) is 5.73 Å². The van der Waals surface area contributed by atoms with Gasteiger partial charge in [-0.1, -0.05) is 118 Å². The zero-order chi connectivity index (χ0) is 38.1. The van der Waals surface area contributed by atoms with E-state index in [0.717, 1.165) is 85.3 Å². The van der Waals surface area contributed by atoms with Crippen LogP contribution in [0.2, 0.25) is 0 Å². The number of benzene rings is 3. The van der Waals surface area contributed by atoms with Crippen molar-refractivity contribution in [2.75, 3.05) is 6.16 Å². The summed E-state index contributed by atoms with van der Waals surface area (Å²) in [6.45, 7) is 0. The Morgan fingerprint density at radius 1 is 0.759 bits per heavy atom. The summed E-state index contributed by atoms with van der Waals surface area (Å²) in [6, 6.07) is 20.9. The average molecular weight is 756 g/mol. The largest absolute Gasteiger partial charge is 0.388 e. The maximum Gasteiger partial charge on any atom is 0.243 e. The van der Waals surface area contributed by atoms with Crippen LogP contribution in [0.25, 0.3) is 10.8 Å². The van der Waals surface area contributed by atoms with Crippen molar-refractivity contribution in [2.45, 2.75) is 107 Å². The van der Waals surface area contributed by atoms with E-state index in [1.165, 1.54) is 0 Å². The molecular weight excluding hydrogens is 701 g/mol. The summed E-state index contributed by atoms with van der Waals surface area (Å²) in [4.78, 5) is 65.2. The molecule has 12 heteroatoms. The van der Waals surface area contributed by atoms with Crippen molar-refractivity contribution in [3.05, 3.63) is 95.7 Å². The van der Waals surface area contributed by atoms with Gasteiger partial charge in [0.2, 0.25) is 31.0 Å². The van der Waals surface area contributed by atoms with Gasteiger partial charge in [-0.2, -0.15) is 0 Å². The highest BCUT2D eigenvalue weighted by Crippen LogP contribution is 2.46. The van der Waals surface area contributed by atoms with Crippen LogP contribution in [0, 0.1) is 11.8 Å². The molecule has 288 valence electrons. The number of carbonyl (C=O) groups excluding carboxylic acids is 4. The molecule has 3 aliphatic rings. The Hall–Kier alpha value is -4.47. The Kier molecular flexibility index (Phi) is 13.3. The number of nitrogens with two attached hydrogens (primary N) is 1. The molecule has 4 amide bonds. The van der Waals surface area contributed by atoms with Crippen molar-refractivity contribution in [3.8, 4) is 0 Å². The fraction of sp³-hybridized carbons (Fsp3) is 0.476. The summed E-state index contributed by atoms with van der Waals surface area (Å²) in [5.41, 5.74) is 8.35. The molecule has 6 rings (SSSR count). The van der Waals surface area contributed by atoms with Gasteiger partial charge in [0, 0.05) is 18.4 Å². The molecule has 2 aliphatic carbocycles. The lowest BCUT2D eigenvalue weighted by Gasteiger charge is -2.30. The number of carbonyl (C=O) groups is 4. The van der Waals surface area contributed by atoms with Crippen LogP contribution >= 0.6 is 7.37 Å². The van der Waals surface area contributed by atoms with Gasteiger partial charge < -0.3 is 31.9 Å². The summed E-state index contributed by atoms with van der Waals surface area (Å²) in [7, 11) is -4.39. The minimum atomic E-state index is -4.39. The Labute approximate surface area is 317 Å². The molecule has 0 aromatic heterocycles. The van der Waals surface area contributed by atoms with Crippen LogP contribution in [-0.2, 0) is 36.6 Å². The van der Waals surface area contributed by atoms with Crippen LogP contribution < -0.4 is 27.0 Å². The standard InChI is InChI=1S/C42H54N5O6P/c43-41(50)36(25-33-26-44-35-18-10-9-17-34(33)35)46-42(51)37(22-28-11-3-1-4-12-28)45-39(49)27-54(52,53)40(24-29-13-5-2-6-14-29)47-38(48)23-30-19-20-31-15-7-8-16-32(31)21-30/h2,5-8,13-16,19-21,26,28,34-37,40,44H,1,3-4,9-12,17-18,22-25,27H2,(H2,43,50)(H,45,49)(H,46,51)(H,47,48)(H,52,53)/t34?,35?,36-,37-,40?/m0/s1. The second kappa shape index (κ2) is 18.2. The maximum atomic E-state index is 14.1. The van der Waals surface area contributed by atoms with Gasteiger partial charge in [0.05, 0.1) is 6.42 Å². The van der Waals surface area contributed by atoms with Crippen molar-refractivity contribution in [1.82, 2.24) is 21.3 Å². The monoisotopic (exact) mass is 755 g/mol. The van der Waals surface area contributed by atoms with Crippen LogP contribution in [-0.4, -0.2) is 58.6 Å². The minimum Gasteiger partial charge on any atom is -0.388 e. The fourth-order valence-corrected chi connectivity index (χ4v) is 10.0. The molecule has 0 saturated heterocycles. The zero-order valence-electron chi connectivity index (χ0n) is 30.9. The molecule has 1 aliphatic heterocycles. The summed E-state index contributed by atoms with van der Waals surface area (Å²) in [6.07, 6.45) is 11.1. The highest BCUT2D eigenvalue weighted by Gasteiger charge is 2.38. The molecule has 6 atom stereocenters. The Morgan fingerprint density at radius 3 is 2.22 bits per heavy atom. The first-order valence-electron chi connectivity index (χ1n) is 19.5. The van der Waals surface area contributed by atoms with Gasteiger partial charge in [0.25, 0.3) is 0 Å². The molecule has 4 unspecified atom stereocenters. The summed E-state index contributed by atoms with van der Waals surface area (Å²) < 4.78 is 14.1. The maximum absolute atomic E-state index is 14.1. The number of amides is 4. The second-order valence-electron chi connectivity index (χ2n) is 15.5. The van der Waals surface area contributed by atoms with Crippen molar-refractivity contribution in [2.24, 2.45) is 17.6 Å². The molecule has 3 aromatic carbocycles. The van der Waals surface area contributed by atoms with E-state index in [1.54, 1.807) is 24.3 Å². The van der Waals surface area contributed by atoms with Crippen LogP contribution in [0.4, 0.5) is 0 Å². The van der Waals surface area contributed by atoms with Crippen LogP contribution in [0.5, 0.6) is 0 Å². The van der Waals surface area contributed by atoms with Gasteiger partial charge in [-0.25, -0.2) is 0 Å². The normalized spacial score (nSPS) is 21.3. The van der Waals surface area contributed by atoms with Crippen molar-refractivity contribution < 1.29 is 28.6 Å². The van der Waals surface area contributed by atoms with E-state index >= 15 is 0 Å². The first kappa shape index (κ1) is 39.2. The topological polar surface area (TPSA) is 180 Å². The first-order chi connectivity index (χ1) is 26.0. The van der Waals surface area contributed by atoms with Crippen molar-refractivity contribution >= 4 is 41.8 Å². The molecule has 2 saturated carbocycles. The third-order valence-electron chi connectivity index (χ3n) is 11.4. The Bertz CT molecular complexity index is 1880. The average Bonchev–Trinajstić information content (AvgIpc) is 3.57. The molecule has 1 heterocycles. The van der Waals surface area contributed by atoms with Gasteiger partial charge in [-0.05, 0) is 65.3 Å². The van der Waals surface area contributed by atoms with E-state index in [-0.39, 0.29) is 25.2 Å². The van der Waals surface area contributed by atoms with Crippen LogP contribution in [0.15, 0.2) is 84.6 Å². The molecule has 0 spiro atoms. The highest BCUT2D eigenvalue weighted by atomic mass is 31.2. The SMILES string of the molecule is NC(=O)[C@H](CC1=CNC2CCCCC12)NC(=O)[C@H](CC1CCCCC1)NC(=O)CP(=O)(O)C(Cc1ccccc1)NC(=O)Cc1ccc2ccccc2c1. The van der Waals surface area contributed by atoms with E-state index in [2.05, 4.69) is 21.3 Å². The van der Waals surface area contributed by atoms with Crippen molar-refractivity contribution in [1.29, 1.82) is 0 Å². The van der Waals surface area contributed by atoms with E-state index in [9.17, 15) is 28.6 Å². The Morgan fingerprint density at radius 2 is 1.46 bits per heavy atom. The smallest absolute Gasteiger partial charge is 0.243 e. The highest BCUT2D eigenvalue weighted by molar-refractivity contribution is 7.59. The molecule has 11 nitrogen and oxygen atoms in total. The Balaban J connectivity index is 1.14. The number of rotatable bonds is 16. The lowest BCUT2D eigenvalue weighted by molar-refractivity contribution is -0.131. The first-order valence-corrected chi connectivity index (χ1v) is 21.4. The molecule has 54 heavy (non-hydrogen) atoms. The van der Waals surface area contributed by atoms with E-state index < -0.39 is 55.0 Å². The third-order valence-corrected chi connectivity index (χ3v) is 13.4. The summed E-state index contributed by atoms with van der Waals surface area (Å²) in [5.74, 6) is -3.20. The fourth-order valence-electron chi connectivity index (χ4n) is 8.48. The quantitative estimate of drug-likeness (QED) is 0.109. The van der Waals surface area contributed by atoms with Gasteiger partial charge in [-0.15, -0.1) is 0 Å². The number of nitrogens with one attached hydrogen (secondary N) is 4. The van der Waals surface area contributed by atoms with Gasteiger partial charge in [-0.3, -0.25) is 23.7 Å². The molecule has 0 radical (unpaired) electrons. The summed E-state index contributed by atoms with van der Waals surface area (Å²) in [5, 5.41) is 13.8. The summed E-state index contributed by atoms with van der Waals surface area (Å²) >= 11 is 0. The molecular formula is C42H54N5O6P. The molecule has 7 N–H and O–H groups in total. The van der Waals surface area contributed by atoms with Gasteiger partial charge in [0.15, 0.2) is 0 Å². The van der Waals surface area contributed by atoms with Crippen LogP contribution in [0.3, 0.4) is 0 Å². The number of hydrogen-bond donors (Lipinski definition) is 6. The van der Waals surface area contributed by atoms with E-state index in [1.807, 2.05) is 54.7 Å². The number of fused-ring (bicyclic) bond motifs is 2. The third kappa shape index (κ3) is 10.6. The van der Waals surface area contributed by atoms with Gasteiger partial charge in [0.1, 0.15) is 24.0 Å².